The molecule has 1 aromatic rings. The van der Waals surface area contributed by atoms with Crippen LogP contribution in [0.1, 0.15) is 37.6 Å². The fraction of sp³-hybridized carbons (Fsp3) is 0.538. The van der Waals surface area contributed by atoms with Crippen molar-refractivity contribution in [1.82, 2.24) is 9.88 Å². The molecule has 0 saturated heterocycles. The molecule has 1 rings (SSSR count). The van der Waals surface area contributed by atoms with Crippen LogP contribution in [-0.2, 0) is 0 Å². The van der Waals surface area contributed by atoms with E-state index in [1.165, 1.54) is 0 Å². The lowest BCUT2D eigenvalue weighted by Crippen LogP contribution is -2.35. The summed E-state index contributed by atoms with van der Waals surface area (Å²) in [6.45, 7) is 7.70. The molecular weight excluding hydrogens is 214 g/mol. The average Bonchev–Trinajstić information content (AvgIpc) is 2.35. The zero-order valence-electron chi connectivity index (χ0n) is 10.8. The van der Waals surface area contributed by atoms with Gasteiger partial charge in [-0.15, -0.1) is 0 Å². The van der Waals surface area contributed by atoms with Crippen LogP contribution in [0.15, 0.2) is 18.3 Å². The van der Waals surface area contributed by atoms with Crippen molar-refractivity contribution >= 4 is 11.7 Å². The molecule has 0 bridgehead atoms. The van der Waals surface area contributed by atoms with Gasteiger partial charge in [-0.25, -0.2) is 4.98 Å². The number of hydrogen-bond donors (Lipinski definition) is 1. The Morgan fingerprint density at radius 3 is 2.76 bits per heavy atom. The first-order valence-corrected chi connectivity index (χ1v) is 6.09. The molecule has 1 unspecified atom stereocenters. The summed E-state index contributed by atoms with van der Waals surface area (Å²) < 4.78 is 0. The summed E-state index contributed by atoms with van der Waals surface area (Å²) in [6.07, 6.45) is 2.66. The van der Waals surface area contributed by atoms with Gasteiger partial charge in [0.05, 0.1) is 5.56 Å². The minimum Gasteiger partial charge on any atom is -0.383 e. The molecule has 1 atom stereocenters. The van der Waals surface area contributed by atoms with Gasteiger partial charge in [-0.05, 0) is 25.0 Å². The molecule has 1 aromatic heterocycles. The smallest absolute Gasteiger partial charge is 0.257 e. The van der Waals surface area contributed by atoms with E-state index < -0.39 is 0 Å². The van der Waals surface area contributed by atoms with E-state index in [0.717, 1.165) is 13.0 Å². The third-order valence-corrected chi connectivity index (χ3v) is 2.97. The van der Waals surface area contributed by atoms with Crippen LogP contribution in [0.4, 0.5) is 5.82 Å². The van der Waals surface area contributed by atoms with Gasteiger partial charge in [0.15, 0.2) is 0 Å². The van der Waals surface area contributed by atoms with Crippen molar-refractivity contribution in [3.63, 3.8) is 0 Å². The molecule has 0 aliphatic heterocycles. The van der Waals surface area contributed by atoms with Crippen LogP contribution in [0.2, 0.25) is 0 Å². The van der Waals surface area contributed by atoms with E-state index in [1.54, 1.807) is 18.3 Å². The maximum absolute atomic E-state index is 12.3. The largest absolute Gasteiger partial charge is 0.383 e. The average molecular weight is 235 g/mol. The predicted molar refractivity (Wildman–Crippen MR) is 69.7 cm³/mol. The van der Waals surface area contributed by atoms with E-state index >= 15 is 0 Å². The SMILES string of the molecule is CCC(C)CN(CC)C(=O)c1cccnc1N. The molecule has 0 fully saturated rings. The summed E-state index contributed by atoms with van der Waals surface area (Å²) >= 11 is 0. The van der Waals surface area contributed by atoms with E-state index in [1.807, 2.05) is 11.8 Å². The van der Waals surface area contributed by atoms with Crippen LogP contribution in [-0.4, -0.2) is 28.9 Å². The second-order valence-electron chi connectivity index (χ2n) is 4.29. The van der Waals surface area contributed by atoms with Gasteiger partial charge >= 0.3 is 0 Å². The first-order valence-electron chi connectivity index (χ1n) is 6.09. The van der Waals surface area contributed by atoms with Crippen molar-refractivity contribution in [3.8, 4) is 0 Å². The number of carbonyl (C=O) groups is 1. The van der Waals surface area contributed by atoms with Gasteiger partial charge < -0.3 is 10.6 Å². The number of aromatic nitrogens is 1. The van der Waals surface area contributed by atoms with Gasteiger partial charge in [-0.1, -0.05) is 20.3 Å². The van der Waals surface area contributed by atoms with Crippen LogP contribution in [0.5, 0.6) is 0 Å². The lowest BCUT2D eigenvalue weighted by molar-refractivity contribution is 0.0741. The van der Waals surface area contributed by atoms with E-state index in [9.17, 15) is 4.79 Å². The number of nitrogens with two attached hydrogens (primary N) is 1. The number of pyridine rings is 1. The highest BCUT2D eigenvalue weighted by atomic mass is 16.2. The topological polar surface area (TPSA) is 59.2 Å². The lowest BCUT2D eigenvalue weighted by atomic mass is 10.1. The lowest BCUT2D eigenvalue weighted by Gasteiger charge is -2.24. The second-order valence-corrected chi connectivity index (χ2v) is 4.29. The van der Waals surface area contributed by atoms with Crippen molar-refractivity contribution in [2.75, 3.05) is 18.8 Å². The number of hydrogen-bond acceptors (Lipinski definition) is 3. The maximum atomic E-state index is 12.3. The van der Waals surface area contributed by atoms with Gasteiger partial charge in [0.25, 0.3) is 5.91 Å². The molecule has 0 aliphatic rings. The first kappa shape index (κ1) is 13.5. The van der Waals surface area contributed by atoms with E-state index in [4.69, 9.17) is 5.73 Å². The summed E-state index contributed by atoms with van der Waals surface area (Å²) in [7, 11) is 0. The molecule has 0 saturated carbocycles. The Kier molecular flexibility index (Phi) is 4.94. The number of rotatable bonds is 5. The molecule has 4 heteroatoms. The summed E-state index contributed by atoms with van der Waals surface area (Å²) in [4.78, 5) is 18.0. The standard InChI is InChI=1S/C13H21N3O/c1-4-10(3)9-16(5-2)13(17)11-7-6-8-15-12(11)14/h6-8,10H,4-5,9H2,1-3H3,(H2,14,15). The normalized spacial score (nSPS) is 12.2. The van der Waals surface area contributed by atoms with E-state index in [0.29, 0.717) is 23.8 Å². The fourth-order valence-electron chi connectivity index (χ4n) is 1.63. The van der Waals surface area contributed by atoms with Crippen molar-refractivity contribution in [3.05, 3.63) is 23.9 Å². The predicted octanol–water partition coefficient (Wildman–Crippen LogP) is 2.17. The number of nitrogens with zero attached hydrogens (tertiary/aromatic N) is 2. The van der Waals surface area contributed by atoms with Crippen LogP contribution >= 0.6 is 0 Å². The molecular formula is C13H21N3O. The van der Waals surface area contributed by atoms with Gasteiger partial charge in [-0.2, -0.15) is 0 Å². The number of amides is 1. The van der Waals surface area contributed by atoms with Crippen LogP contribution < -0.4 is 5.73 Å². The summed E-state index contributed by atoms with van der Waals surface area (Å²) in [6, 6.07) is 3.46. The zero-order chi connectivity index (χ0) is 12.8. The molecule has 2 N–H and O–H groups in total. The molecule has 94 valence electrons. The van der Waals surface area contributed by atoms with Gasteiger partial charge in [0.2, 0.25) is 0 Å². The highest BCUT2D eigenvalue weighted by Gasteiger charge is 2.18. The molecule has 0 aromatic carbocycles. The summed E-state index contributed by atoms with van der Waals surface area (Å²) in [5, 5.41) is 0. The van der Waals surface area contributed by atoms with E-state index in [-0.39, 0.29) is 5.91 Å². The third kappa shape index (κ3) is 3.44. The zero-order valence-corrected chi connectivity index (χ0v) is 10.8. The minimum absolute atomic E-state index is 0.0293. The molecule has 1 heterocycles. The van der Waals surface area contributed by atoms with Crippen molar-refractivity contribution in [2.45, 2.75) is 27.2 Å². The van der Waals surface area contributed by atoms with E-state index in [2.05, 4.69) is 18.8 Å². The third-order valence-electron chi connectivity index (χ3n) is 2.97. The summed E-state index contributed by atoms with van der Waals surface area (Å²) in [5.41, 5.74) is 6.22. The van der Waals surface area contributed by atoms with Crippen molar-refractivity contribution < 1.29 is 4.79 Å². The second kappa shape index (κ2) is 6.23. The quantitative estimate of drug-likeness (QED) is 0.851. The van der Waals surface area contributed by atoms with Gasteiger partial charge in [0, 0.05) is 19.3 Å². The molecule has 17 heavy (non-hydrogen) atoms. The Labute approximate surface area is 103 Å². The highest BCUT2D eigenvalue weighted by molar-refractivity contribution is 5.98. The van der Waals surface area contributed by atoms with Gasteiger partial charge in [0.1, 0.15) is 5.82 Å². The fourth-order valence-corrected chi connectivity index (χ4v) is 1.63. The van der Waals surface area contributed by atoms with Gasteiger partial charge in [-0.3, -0.25) is 4.79 Å². The monoisotopic (exact) mass is 235 g/mol. The maximum Gasteiger partial charge on any atom is 0.257 e. The van der Waals surface area contributed by atoms with Crippen molar-refractivity contribution in [1.29, 1.82) is 0 Å². The number of nitrogen functional groups attached to an aromatic ring is 1. The Morgan fingerprint density at radius 2 is 2.24 bits per heavy atom. The molecule has 1 amide bonds. The Hall–Kier alpha value is -1.58. The molecule has 0 radical (unpaired) electrons. The highest BCUT2D eigenvalue weighted by Crippen LogP contribution is 2.13. The molecule has 4 nitrogen and oxygen atoms in total. The first-order chi connectivity index (χ1) is 8.10. The Bertz CT molecular complexity index is 379. The number of anilines is 1. The minimum atomic E-state index is -0.0293. The molecule has 0 aliphatic carbocycles. The Balaban J connectivity index is 2.83. The van der Waals surface area contributed by atoms with Crippen molar-refractivity contribution in [2.24, 2.45) is 5.92 Å². The van der Waals surface area contributed by atoms with Crippen LogP contribution in [0.3, 0.4) is 0 Å². The molecule has 0 spiro atoms. The van der Waals surface area contributed by atoms with Crippen LogP contribution in [0, 0.1) is 5.92 Å². The van der Waals surface area contributed by atoms with Crippen LogP contribution in [0.25, 0.3) is 0 Å². The summed E-state index contributed by atoms with van der Waals surface area (Å²) in [5.74, 6) is 0.773. The number of carbonyl (C=O) groups excluding carboxylic acids is 1. The Morgan fingerprint density at radius 1 is 1.53 bits per heavy atom.